The normalized spacial score (nSPS) is 24.3. The van der Waals surface area contributed by atoms with Crippen molar-refractivity contribution in [2.75, 3.05) is 0 Å². The van der Waals surface area contributed by atoms with Crippen molar-refractivity contribution in [1.29, 1.82) is 0 Å². The van der Waals surface area contributed by atoms with Crippen LogP contribution in [-0.4, -0.2) is 5.78 Å². The molecule has 0 bridgehead atoms. The molecule has 0 saturated carbocycles. The fourth-order valence-corrected chi connectivity index (χ4v) is 1.84. The third kappa shape index (κ3) is 2.83. The molecule has 0 aromatic heterocycles. The summed E-state index contributed by atoms with van der Waals surface area (Å²) in [6, 6.07) is 0. The molecule has 0 N–H and O–H groups in total. The fraction of sp³-hybridized carbons (Fsp3) is 0.583. The van der Waals surface area contributed by atoms with Crippen LogP contribution in [0.4, 0.5) is 0 Å². The Morgan fingerprint density at radius 2 is 2.15 bits per heavy atom. The molecular weight excluding hydrogens is 160 g/mol. The van der Waals surface area contributed by atoms with E-state index >= 15 is 0 Å². The maximum atomic E-state index is 10.9. The van der Waals surface area contributed by atoms with E-state index in [9.17, 15) is 4.79 Å². The first-order chi connectivity index (χ1) is 5.91. The Labute approximate surface area is 80.5 Å². The molecule has 0 unspecified atom stereocenters. The summed E-state index contributed by atoms with van der Waals surface area (Å²) >= 11 is 0. The molecular formula is C12H18O. The number of allylic oxidation sites excluding steroid dienone is 4. The third-order valence-electron chi connectivity index (χ3n) is 2.53. The van der Waals surface area contributed by atoms with Crippen molar-refractivity contribution in [3.05, 3.63) is 23.3 Å². The summed E-state index contributed by atoms with van der Waals surface area (Å²) in [7, 11) is 0. The number of rotatable bonds is 1. The predicted octanol–water partition coefficient (Wildman–Crippen LogP) is 3.27. The van der Waals surface area contributed by atoms with Gasteiger partial charge in [0, 0.05) is 0 Å². The molecule has 0 heterocycles. The zero-order valence-corrected chi connectivity index (χ0v) is 8.98. The quantitative estimate of drug-likeness (QED) is 0.563. The van der Waals surface area contributed by atoms with Crippen LogP contribution in [0.3, 0.4) is 0 Å². The Bertz CT molecular complexity index is 279. The van der Waals surface area contributed by atoms with Crippen molar-refractivity contribution in [1.82, 2.24) is 0 Å². The van der Waals surface area contributed by atoms with E-state index in [1.807, 2.05) is 0 Å². The maximum absolute atomic E-state index is 10.9. The second-order valence-corrected chi connectivity index (χ2v) is 4.60. The fourth-order valence-electron chi connectivity index (χ4n) is 1.84. The second kappa shape index (κ2) is 3.49. The first-order valence-electron chi connectivity index (χ1n) is 4.82. The Morgan fingerprint density at radius 1 is 1.54 bits per heavy atom. The highest BCUT2D eigenvalue weighted by atomic mass is 16.1. The lowest BCUT2D eigenvalue weighted by Gasteiger charge is -2.28. The van der Waals surface area contributed by atoms with Crippen LogP contribution in [-0.2, 0) is 4.79 Å². The lowest BCUT2D eigenvalue weighted by Crippen LogP contribution is -2.14. The second-order valence-electron chi connectivity index (χ2n) is 4.60. The summed E-state index contributed by atoms with van der Waals surface area (Å²) in [5.74, 6) is 0.155. The summed E-state index contributed by atoms with van der Waals surface area (Å²) in [5.41, 5.74) is 2.79. The van der Waals surface area contributed by atoms with Gasteiger partial charge in [0.25, 0.3) is 0 Å². The number of carbonyl (C=O) groups is 1. The van der Waals surface area contributed by atoms with Crippen molar-refractivity contribution in [2.45, 2.75) is 40.5 Å². The molecule has 0 aliphatic heterocycles. The minimum Gasteiger partial charge on any atom is -0.295 e. The smallest absolute Gasteiger partial charge is 0.152 e. The first kappa shape index (κ1) is 10.2. The molecule has 0 aromatic rings. The third-order valence-corrected chi connectivity index (χ3v) is 2.53. The minimum atomic E-state index is 0.155. The van der Waals surface area contributed by atoms with Gasteiger partial charge in [-0.1, -0.05) is 25.5 Å². The van der Waals surface area contributed by atoms with E-state index in [4.69, 9.17) is 0 Å². The van der Waals surface area contributed by atoms with E-state index in [-0.39, 0.29) is 5.78 Å². The van der Waals surface area contributed by atoms with E-state index in [1.165, 1.54) is 11.1 Å². The highest BCUT2D eigenvalue weighted by molar-refractivity contribution is 5.88. The SMILES string of the molecule is CC(=O)/C=C1\CCC(C)(C)C=C1C. The molecule has 1 rings (SSSR count). The van der Waals surface area contributed by atoms with Gasteiger partial charge in [-0.05, 0) is 43.8 Å². The van der Waals surface area contributed by atoms with E-state index in [1.54, 1.807) is 13.0 Å². The highest BCUT2D eigenvalue weighted by Gasteiger charge is 2.21. The van der Waals surface area contributed by atoms with Crippen LogP contribution in [0.1, 0.15) is 40.5 Å². The molecule has 72 valence electrons. The number of hydrogen-bond acceptors (Lipinski definition) is 1. The molecule has 1 heteroatoms. The lowest BCUT2D eigenvalue weighted by atomic mass is 9.77. The molecule has 0 fully saturated rings. The van der Waals surface area contributed by atoms with E-state index in [2.05, 4.69) is 26.8 Å². The molecule has 1 aliphatic carbocycles. The average Bonchev–Trinajstić information content (AvgIpc) is 1.93. The van der Waals surface area contributed by atoms with Crippen LogP contribution < -0.4 is 0 Å². The number of hydrogen-bond donors (Lipinski definition) is 0. The maximum Gasteiger partial charge on any atom is 0.152 e. The van der Waals surface area contributed by atoms with Gasteiger partial charge in [0.2, 0.25) is 0 Å². The highest BCUT2D eigenvalue weighted by Crippen LogP contribution is 2.35. The van der Waals surface area contributed by atoms with E-state index in [0.717, 1.165) is 12.8 Å². The lowest BCUT2D eigenvalue weighted by molar-refractivity contribution is -0.112. The summed E-state index contributed by atoms with van der Waals surface area (Å²) in [6.07, 6.45) is 6.21. The topological polar surface area (TPSA) is 17.1 Å². The van der Waals surface area contributed by atoms with Crippen molar-refractivity contribution in [3.63, 3.8) is 0 Å². The molecule has 13 heavy (non-hydrogen) atoms. The van der Waals surface area contributed by atoms with Gasteiger partial charge in [-0.15, -0.1) is 0 Å². The molecule has 0 radical (unpaired) electrons. The molecule has 0 saturated heterocycles. The van der Waals surface area contributed by atoms with Gasteiger partial charge in [0.15, 0.2) is 5.78 Å². The van der Waals surface area contributed by atoms with Gasteiger partial charge in [0.1, 0.15) is 0 Å². The monoisotopic (exact) mass is 178 g/mol. The molecule has 1 nitrogen and oxygen atoms in total. The Balaban J connectivity index is 2.91. The van der Waals surface area contributed by atoms with Crippen molar-refractivity contribution in [2.24, 2.45) is 5.41 Å². The van der Waals surface area contributed by atoms with Crippen molar-refractivity contribution in [3.8, 4) is 0 Å². The molecule has 0 aromatic carbocycles. The average molecular weight is 178 g/mol. The van der Waals surface area contributed by atoms with Gasteiger partial charge in [-0.25, -0.2) is 0 Å². The van der Waals surface area contributed by atoms with Crippen LogP contribution in [0.15, 0.2) is 23.3 Å². The summed E-state index contributed by atoms with van der Waals surface area (Å²) in [5, 5.41) is 0. The van der Waals surface area contributed by atoms with Gasteiger partial charge in [-0.3, -0.25) is 4.79 Å². The minimum absolute atomic E-state index is 0.155. The predicted molar refractivity (Wildman–Crippen MR) is 55.5 cm³/mol. The zero-order chi connectivity index (χ0) is 10.1. The molecule has 0 atom stereocenters. The van der Waals surface area contributed by atoms with Crippen LogP contribution >= 0.6 is 0 Å². The van der Waals surface area contributed by atoms with E-state index in [0.29, 0.717) is 5.41 Å². The molecule has 0 amide bonds. The Kier molecular flexibility index (Phi) is 2.74. The Hall–Kier alpha value is -0.850. The summed E-state index contributed by atoms with van der Waals surface area (Å²) < 4.78 is 0. The summed E-state index contributed by atoms with van der Waals surface area (Å²) in [6.45, 7) is 8.18. The van der Waals surface area contributed by atoms with Crippen LogP contribution in [0, 0.1) is 5.41 Å². The van der Waals surface area contributed by atoms with Crippen molar-refractivity contribution >= 4 is 5.78 Å². The van der Waals surface area contributed by atoms with Gasteiger partial charge in [-0.2, -0.15) is 0 Å². The first-order valence-corrected chi connectivity index (χ1v) is 4.82. The van der Waals surface area contributed by atoms with Gasteiger partial charge in [0.05, 0.1) is 0 Å². The largest absolute Gasteiger partial charge is 0.295 e. The zero-order valence-electron chi connectivity index (χ0n) is 8.98. The van der Waals surface area contributed by atoms with E-state index < -0.39 is 0 Å². The van der Waals surface area contributed by atoms with Gasteiger partial charge < -0.3 is 0 Å². The standard InChI is InChI=1S/C12H18O/c1-9-8-12(3,4)6-5-11(9)7-10(2)13/h7-8H,5-6H2,1-4H3/b11-7+. The van der Waals surface area contributed by atoms with Gasteiger partial charge >= 0.3 is 0 Å². The van der Waals surface area contributed by atoms with Crippen LogP contribution in [0.5, 0.6) is 0 Å². The van der Waals surface area contributed by atoms with Crippen LogP contribution in [0.25, 0.3) is 0 Å². The molecule has 0 spiro atoms. The number of ketones is 1. The number of carbonyl (C=O) groups excluding carboxylic acids is 1. The Morgan fingerprint density at radius 3 is 2.62 bits per heavy atom. The summed E-state index contributed by atoms with van der Waals surface area (Å²) in [4.78, 5) is 10.9. The van der Waals surface area contributed by atoms with Crippen molar-refractivity contribution < 1.29 is 4.79 Å². The van der Waals surface area contributed by atoms with Crippen LogP contribution in [0.2, 0.25) is 0 Å². The molecule has 1 aliphatic rings.